The van der Waals surface area contributed by atoms with E-state index in [-0.39, 0.29) is 5.63 Å². The van der Waals surface area contributed by atoms with Gasteiger partial charge in [0, 0.05) is 39.0 Å². The Kier molecular flexibility index (Phi) is 7.16. The quantitative estimate of drug-likeness (QED) is 0.143. The first-order chi connectivity index (χ1) is 26.5. The zero-order chi connectivity index (χ0) is 36.3. The Balaban J connectivity index is 1.12. The molecule has 10 aromatic rings. The Bertz CT molecular complexity index is 3230. The molecule has 0 unspecified atom stereocenters. The Labute approximate surface area is 308 Å². The van der Waals surface area contributed by atoms with Crippen molar-refractivity contribution in [2.45, 2.75) is 0 Å². The second-order valence-corrected chi connectivity index (χ2v) is 13.5. The summed E-state index contributed by atoms with van der Waals surface area (Å²) >= 11 is 0. The van der Waals surface area contributed by atoms with Gasteiger partial charge in [-0.15, -0.1) is 0 Å². The smallest absolute Gasteiger partial charge is 0.344 e. The number of fused-ring (bicyclic) bond motifs is 5. The minimum Gasteiger partial charge on any atom is -0.422 e. The maximum absolute atomic E-state index is 13.1. The van der Waals surface area contributed by atoms with Gasteiger partial charge in [0.25, 0.3) is 0 Å². The van der Waals surface area contributed by atoms with Crippen molar-refractivity contribution >= 4 is 49.4 Å². The molecule has 0 fully saturated rings. The standard InChI is InChI=1S/C48H30N2O4/c49-37-19-16-36-27-40(48(52)54-46(36)28-37)34-12-7-10-30(23-34)32-18-21-44-42(25-32)41-24-31(17-20-43(41)50(44)38-13-2-1-3-14-38)29-9-6-11-33(22-29)39-26-35-8-4-5-15-45(35)53-47(39)51/h1-28H,49H2. The van der Waals surface area contributed by atoms with E-state index in [0.29, 0.717) is 28.0 Å². The molecule has 2 N–H and O–H groups in total. The fourth-order valence-corrected chi connectivity index (χ4v) is 7.56. The van der Waals surface area contributed by atoms with Crippen molar-refractivity contribution < 1.29 is 8.83 Å². The average molecular weight is 699 g/mol. The van der Waals surface area contributed by atoms with Crippen molar-refractivity contribution in [3.63, 3.8) is 0 Å². The highest BCUT2D eigenvalue weighted by atomic mass is 16.4. The molecule has 7 aromatic carbocycles. The summed E-state index contributed by atoms with van der Waals surface area (Å²) in [6.45, 7) is 0. The van der Waals surface area contributed by atoms with Gasteiger partial charge in [-0.05, 0) is 112 Å². The Morgan fingerprint density at radius 3 is 1.56 bits per heavy atom. The van der Waals surface area contributed by atoms with Crippen molar-refractivity contribution in [3.8, 4) is 50.2 Å². The lowest BCUT2D eigenvalue weighted by molar-refractivity contribution is 0.563. The van der Waals surface area contributed by atoms with Gasteiger partial charge in [-0.1, -0.05) is 84.9 Å². The van der Waals surface area contributed by atoms with Crippen LogP contribution in [0.2, 0.25) is 0 Å². The first kappa shape index (κ1) is 31.3. The summed E-state index contributed by atoms with van der Waals surface area (Å²) in [7, 11) is 0. The lowest BCUT2D eigenvalue weighted by Gasteiger charge is -2.09. The zero-order valence-corrected chi connectivity index (χ0v) is 28.8. The Morgan fingerprint density at radius 2 is 0.926 bits per heavy atom. The third-order valence-corrected chi connectivity index (χ3v) is 10.2. The van der Waals surface area contributed by atoms with Crippen molar-refractivity contribution in [1.82, 2.24) is 4.57 Å². The number of benzene rings is 7. The number of hydrogen-bond donors (Lipinski definition) is 1. The lowest BCUT2D eigenvalue weighted by atomic mass is 9.96. The lowest BCUT2D eigenvalue weighted by Crippen LogP contribution is -2.03. The van der Waals surface area contributed by atoms with Crippen LogP contribution in [0.15, 0.2) is 188 Å². The fraction of sp³-hybridized carbons (Fsp3) is 0. The second-order valence-electron chi connectivity index (χ2n) is 13.5. The summed E-state index contributed by atoms with van der Waals surface area (Å²) < 4.78 is 13.6. The van der Waals surface area contributed by atoms with Crippen LogP contribution in [0.1, 0.15) is 0 Å². The first-order valence-corrected chi connectivity index (χ1v) is 17.7. The third kappa shape index (κ3) is 5.28. The number of para-hydroxylation sites is 2. The van der Waals surface area contributed by atoms with E-state index >= 15 is 0 Å². The van der Waals surface area contributed by atoms with Crippen molar-refractivity contribution in [1.29, 1.82) is 0 Å². The molecule has 54 heavy (non-hydrogen) atoms. The van der Waals surface area contributed by atoms with E-state index in [9.17, 15) is 9.59 Å². The van der Waals surface area contributed by atoms with Crippen LogP contribution < -0.4 is 17.0 Å². The number of rotatable bonds is 5. The SMILES string of the molecule is Nc1ccc2cc(-c3cccc(-c4ccc5c(c4)c4cc(-c6cccc(-c7cc8ccccc8oc7=O)c6)ccc4n5-c4ccccc4)c3)c(=O)oc2c1. The molecule has 0 amide bonds. The van der Waals surface area contributed by atoms with Crippen LogP contribution in [0.25, 0.3) is 93.9 Å². The van der Waals surface area contributed by atoms with E-state index in [1.54, 1.807) is 18.2 Å². The number of nitrogen functional groups attached to an aromatic ring is 1. The molecule has 0 saturated heterocycles. The molecular formula is C48H30N2O4. The molecule has 0 aliphatic rings. The molecule has 0 aliphatic carbocycles. The van der Waals surface area contributed by atoms with E-state index in [1.807, 2.05) is 91.0 Å². The number of anilines is 1. The van der Waals surface area contributed by atoms with E-state index in [0.717, 1.165) is 71.6 Å². The number of hydrogen-bond acceptors (Lipinski definition) is 5. The Morgan fingerprint density at radius 1 is 0.407 bits per heavy atom. The molecule has 3 aromatic heterocycles. The molecule has 0 bridgehead atoms. The van der Waals surface area contributed by atoms with Gasteiger partial charge in [-0.3, -0.25) is 0 Å². The Hall–Kier alpha value is -7.44. The summed E-state index contributed by atoms with van der Waals surface area (Å²) in [6.07, 6.45) is 0. The van der Waals surface area contributed by atoms with E-state index < -0.39 is 5.63 Å². The molecule has 256 valence electrons. The highest BCUT2D eigenvalue weighted by molar-refractivity contribution is 6.11. The number of nitrogens with zero attached hydrogens (tertiary/aromatic N) is 1. The third-order valence-electron chi connectivity index (χ3n) is 10.2. The predicted molar refractivity (Wildman–Crippen MR) is 219 cm³/mol. The summed E-state index contributed by atoms with van der Waals surface area (Å²) in [5, 5.41) is 3.86. The predicted octanol–water partition coefficient (Wildman–Crippen LogP) is 11.2. The van der Waals surface area contributed by atoms with Gasteiger partial charge < -0.3 is 19.1 Å². The molecule has 0 aliphatic heterocycles. The molecule has 0 saturated carbocycles. The summed E-state index contributed by atoms with van der Waals surface area (Å²) in [4.78, 5) is 26.2. The molecular weight excluding hydrogens is 669 g/mol. The van der Waals surface area contributed by atoms with Crippen LogP contribution in [0, 0.1) is 0 Å². The first-order valence-electron chi connectivity index (χ1n) is 17.7. The van der Waals surface area contributed by atoms with Crippen LogP contribution in [0.3, 0.4) is 0 Å². The van der Waals surface area contributed by atoms with Crippen molar-refractivity contribution in [2.24, 2.45) is 0 Å². The highest BCUT2D eigenvalue weighted by Crippen LogP contribution is 2.38. The molecule has 3 heterocycles. The van der Waals surface area contributed by atoms with Crippen LogP contribution in [0.4, 0.5) is 5.69 Å². The van der Waals surface area contributed by atoms with Crippen LogP contribution in [-0.2, 0) is 0 Å². The van der Waals surface area contributed by atoms with Gasteiger partial charge in [0.15, 0.2) is 0 Å². The van der Waals surface area contributed by atoms with Crippen LogP contribution in [0.5, 0.6) is 0 Å². The molecule has 0 atom stereocenters. The van der Waals surface area contributed by atoms with Crippen molar-refractivity contribution in [2.75, 3.05) is 5.73 Å². The monoisotopic (exact) mass is 698 g/mol. The molecule has 6 nitrogen and oxygen atoms in total. The topological polar surface area (TPSA) is 91.4 Å². The van der Waals surface area contributed by atoms with Gasteiger partial charge in [0.1, 0.15) is 11.2 Å². The van der Waals surface area contributed by atoms with Crippen LogP contribution in [-0.4, -0.2) is 4.57 Å². The molecule has 6 heteroatoms. The normalized spacial score (nSPS) is 11.6. The summed E-state index contributed by atoms with van der Waals surface area (Å²) in [6, 6.07) is 56.1. The van der Waals surface area contributed by atoms with Crippen molar-refractivity contribution in [3.05, 3.63) is 191 Å². The molecule has 10 rings (SSSR count). The van der Waals surface area contributed by atoms with Gasteiger partial charge in [0.05, 0.1) is 22.2 Å². The fourth-order valence-electron chi connectivity index (χ4n) is 7.56. The van der Waals surface area contributed by atoms with Gasteiger partial charge in [0.2, 0.25) is 0 Å². The number of aromatic nitrogens is 1. The van der Waals surface area contributed by atoms with Gasteiger partial charge in [-0.2, -0.15) is 0 Å². The van der Waals surface area contributed by atoms with Gasteiger partial charge >= 0.3 is 11.3 Å². The van der Waals surface area contributed by atoms with E-state index in [1.165, 1.54) is 0 Å². The zero-order valence-electron chi connectivity index (χ0n) is 28.8. The maximum atomic E-state index is 13.1. The average Bonchev–Trinajstić information content (AvgIpc) is 3.53. The minimum atomic E-state index is -0.412. The van der Waals surface area contributed by atoms with Crippen LogP contribution >= 0.6 is 0 Å². The molecule has 0 radical (unpaired) electrons. The largest absolute Gasteiger partial charge is 0.422 e. The highest BCUT2D eigenvalue weighted by Gasteiger charge is 2.16. The minimum absolute atomic E-state index is 0.365. The number of nitrogens with two attached hydrogens (primary N) is 1. The maximum Gasteiger partial charge on any atom is 0.344 e. The summed E-state index contributed by atoms with van der Waals surface area (Å²) in [5.41, 5.74) is 16.5. The molecule has 0 spiro atoms. The van der Waals surface area contributed by atoms with E-state index in [4.69, 9.17) is 14.6 Å². The summed E-state index contributed by atoms with van der Waals surface area (Å²) in [5.74, 6) is 0. The van der Waals surface area contributed by atoms with E-state index in [2.05, 4.69) is 65.2 Å². The van der Waals surface area contributed by atoms with Gasteiger partial charge in [-0.25, -0.2) is 9.59 Å². The second kappa shape index (κ2) is 12.4.